The van der Waals surface area contributed by atoms with Gasteiger partial charge < -0.3 is 19.3 Å². The van der Waals surface area contributed by atoms with Crippen molar-refractivity contribution in [1.82, 2.24) is 9.47 Å². The van der Waals surface area contributed by atoms with Gasteiger partial charge in [-0.3, -0.25) is 4.99 Å². The van der Waals surface area contributed by atoms with E-state index < -0.39 is 6.10 Å². The third-order valence-electron chi connectivity index (χ3n) is 5.27. The normalized spacial score (nSPS) is 17.7. The lowest BCUT2D eigenvalue weighted by atomic mass is 10.1. The van der Waals surface area contributed by atoms with E-state index in [2.05, 4.69) is 40.8 Å². The molecular formula is C22H26ClN3O2S. The number of likely N-dealkylation sites (tertiary alicyclic amines) is 1. The fraction of sp³-hybridized carbons (Fsp3) is 0.409. The summed E-state index contributed by atoms with van der Waals surface area (Å²) in [6, 6.07) is 16.0. The minimum absolute atomic E-state index is 0.266. The molecule has 1 fully saturated rings. The number of aliphatic hydroxyl groups is 1. The molecule has 1 N–H and O–H groups in total. The molecule has 0 bridgehead atoms. The fourth-order valence-corrected chi connectivity index (χ4v) is 4.96. The number of ether oxygens (including phenoxy) is 1. The number of β-amino-alcohol motifs (C(OH)–C–C–N with tert-alkyl or cyclic N) is 1. The summed E-state index contributed by atoms with van der Waals surface area (Å²) in [4.78, 5) is 8.39. The summed E-state index contributed by atoms with van der Waals surface area (Å²) in [5.74, 6) is 0.685. The minimum atomic E-state index is -0.525. The maximum atomic E-state index is 10.3. The van der Waals surface area contributed by atoms with Crippen LogP contribution in [-0.4, -0.2) is 53.0 Å². The van der Waals surface area contributed by atoms with Gasteiger partial charge in [-0.1, -0.05) is 41.1 Å². The molecule has 1 unspecified atom stereocenters. The second-order valence-corrected chi connectivity index (χ2v) is 8.94. The van der Waals surface area contributed by atoms with Crippen molar-refractivity contribution in [3.05, 3.63) is 58.4 Å². The molecule has 4 rings (SSSR count). The number of para-hydroxylation sites is 1. The Hall–Kier alpha value is -1.86. The van der Waals surface area contributed by atoms with Crippen LogP contribution in [0.5, 0.6) is 5.75 Å². The van der Waals surface area contributed by atoms with Crippen LogP contribution in [0.1, 0.15) is 12.8 Å². The summed E-state index contributed by atoms with van der Waals surface area (Å²) in [6.45, 7) is 2.76. The molecule has 3 aromatic rings. The Morgan fingerprint density at radius 1 is 1.21 bits per heavy atom. The molecule has 2 aromatic carbocycles. The number of hydrogen-bond donors (Lipinski definition) is 1. The highest BCUT2D eigenvalue weighted by molar-refractivity contribution is 7.16. The summed E-state index contributed by atoms with van der Waals surface area (Å²) >= 11 is 7.71. The summed E-state index contributed by atoms with van der Waals surface area (Å²) in [6.07, 6.45) is 1.49. The highest BCUT2D eigenvalue weighted by atomic mass is 35.5. The molecule has 1 aliphatic rings. The lowest BCUT2D eigenvalue weighted by Crippen LogP contribution is -2.42. The zero-order chi connectivity index (χ0) is 20.2. The van der Waals surface area contributed by atoms with Crippen LogP contribution in [-0.2, 0) is 7.05 Å². The second-order valence-electron chi connectivity index (χ2n) is 7.49. The van der Waals surface area contributed by atoms with Crippen LogP contribution >= 0.6 is 22.9 Å². The Bertz CT molecular complexity index is 1020. The molecule has 0 amide bonds. The molecule has 0 spiro atoms. The van der Waals surface area contributed by atoms with Crippen LogP contribution < -0.4 is 9.54 Å². The summed E-state index contributed by atoms with van der Waals surface area (Å²) in [5, 5.41) is 11.0. The summed E-state index contributed by atoms with van der Waals surface area (Å²) < 4.78 is 9.11. The van der Waals surface area contributed by atoms with Gasteiger partial charge in [0.25, 0.3) is 0 Å². The van der Waals surface area contributed by atoms with Crippen molar-refractivity contribution < 1.29 is 9.84 Å². The third kappa shape index (κ3) is 5.20. The maximum absolute atomic E-state index is 10.3. The van der Waals surface area contributed by atoms with Gasteiger partial charge in [0.15, 0.2) is 4.80 Å². The van der Waals surface area contributed by atoms with E-state index >= 15 is 0 Å². The monoisotopic (exact) mass is 431 g/mol. The number of rotatable bonds is 6. The predicted molar refractivity (Wildman–Crippen MR) is 119 cm³/mol. The molecule has 1 aromatic heterocycles. The van der Waals surface area contributed by atoms with Crippen molar-refractivity contribution in [2.24, 2.45) is 12.0 Å². The van der Waals surface area contributed by atoms with Crippen LogP contribution in [0.2, 0.25) is 5.02 Å². The SMILES string of the molecule is Cn1c(=NC2CCN(CC(O)COc3cccc(Cl)c3)CC2)sc2ccccc21. The Labute approximate surface area is 179 Å². The number of aliphatic hydroxyl groups excluding tert-OH is 1. The first-order chi connectivity index (χ1) is 14.1. The van der Waals surface area contributed by atoms with Gasteiger partial charge in [0, 0.05) is 31.7 Å². The molecule has 1 atom stereocenters. The first kappa shape index (κ1) is 20.4. The van der Waals surface area contributed by atoms with Crippen molar-refractivity contribution in [1.29, 1.82) is 0 Å². The number of fused-ring (bicyclic) bond motifs is 1. The van der Waals surface area contributed by atoms with Gasteiger partial charge in [0.2, 0.25) is 0 Å². The van der Waals surface area contributed by atoms with E-state index in [0.717, 1.165) is 30.7 Å². The van der Waals surface area contributed by atoms with Crippen molar-refractivity contribution >= 4 is 33.2 Å². The average Bonchev–Trinajstić information content (AvgIpc) is 3.04. The number of aryl methyl sites for hydroxylation is 1. The number of hydrogen-bond acceptors (Lipinski definition) is 5. The Balaban J connectivity index is 1.28. The molecule has 1 aliphatic heterocycles. The van der Waals surface area contributed by atoms with Gasteiger partial charge in [-0.2, -0.15) is 0 Å². The average molecular weight is 432 g/mol. The lowest BCUT2D eigenvalue weighted by molar-refractivity contribution is 0.0596. The Kier molecular flexibility index (Phi) is 6.55. The molecule has 1 saturated heterocycles. The first-order valence-corrected chi connectivity index (χ1v) is 11.1. The van der Waals surface area contributed by atoms with E-state index in [-0.39, 0.29) is 6.61 Å². The predicted octanol–water partition coefficient (Wildman–Crippen LogP) is 3.70. The van der Waals surface area contributed by atoms with Crippen molar-refractivity contribution in [2.75, 3.05) is 26.2 Å². The standard InChI is InChI=1S/C22H26ClN3O2S/c1-25-20-7-2-3-8-21(20)29-22(25)24-17-9-11-26(12-10-17)14-18(27)15-28-19-6-4-5-16(23)13-19/h2-8,13,17-18,27H,9-12,14-15H2,1H3. The van der Waals surface area contributed by atoms with Gasteiger partial charge in [0.1, 0.15) is 18.5 Å². The Morgan fingerprint density at radius 3 is 2.76 bits per heavy atom. The topological polar surface area (TPSA) is 50.0 Å². The van der Waals surface area contributed by atoms with E-state index in [1.165, 1.54) is 10.2 Å². The minimum Gasteiger partial charge on any atom is -0.491 e. The zero-order valence-corrected chi connectivity index (χ0v) is 18.1. The summed E-state index contributed by atoms with van der Waals surface area (Å²) in [5.41, 5.74) is 1.23. The van der Waals surface area contributed by atoms with Gasteiger partial charge in [-0.15, -0.1) is 0 Å². The number of piperidine rings is 1. The number of aromatic nitrogens is 1. The molecule has 7 heteroatoms. The highest BCUT2D eigenvalue weighted by Crippen LogP contribution is 2.19. The molecule has 29 heavy (non-hydrogen) atoms. The van der Waals surface area contributed by atoms with Crippen LogP contribution in [0.3, 0.4) is 0 Å². The fourth-order valence-electron chi connectivity index (χ4n) is 3.69. The number of halogens is 1. The second kappa shape index (κ2) is 9.30. The molecule has 154 valence electrons. The smallest absolute Gasteiger partial charge is 0.185 e. The molecule has 2 heterocycles. The van der Waals surface area contributed by atoms with Crippen LogP contribution in [0, 0.1) is 0 Å². The van der Waals surface area contributed by atoms with E-state index in [4.69, 9.17) is 21.3 Å². The van der Waals surface area contributed by atoms with Crippen molar-refractivity contribution in [3.8, 4) is 5.75 Å². The van der Waals surface area contributed by atoms with Gasteiger partial charge >= 0.3 is 0 Å². The quantitative estimate of drug-likeness (QED) is 0.647. The molecular weight excluding hydrogens is 406 g/mol. The number of benzene rings is 2. The number of thiazole rings is 1. The van der Waals surface area contributed by atoms with E-state index in [1.807, 2.05) is 12.1 Å². The van der Waals surface area contributed by atoms with Gasteiger partial charge in [-0.05, 0) is 43.2 Å². The molecule has 0 radical (unpaired) electrons. The number of nitrogens with zero attached hydrogens (tertiary/aromatic N) is 3. The molecule has 0 aliphatic carbocycles. The third-order valence-corrected chi connectivity index (χ3v) is 6.63. The van der Waals surface area contributed by atoms with Crippen LogP contribution in [0.15, 0.2) is 53.5 Å². The van der Waals surface area contributed by atoms with Gasteiger partial charge in [0.05, 0.1) is 16.3 Å². The van der Waals surface area contributed by atoms with Crippen LogP contribution in [0.4, 0.5) is 0 Å². The lowest BCUT2D eigenvalue weighted by Gasteiger charge is -2.31. The van der Waals surface area contributed by atoms with Crippen LogP contribution in [0.25, 0.3) is 10.2 Å². The zero-order valence-electron chi connectivity index (χ0n) is 16.5. The largest absolute Gasteiger partial charge is 0.491 e. The molecule has 0 saturated carbocycles. The highest BCUT2D eigenvalue weighted by Gasteiger charge is 2.21. The van der Waals surface area contributed by atoms with Crippen molar-refractivity contribution in [3.63, 3.8) is 0 Å². The van der Waals surface area contributed by atoms with E-state index in [0.29, 0.717) is 23.4 Å². The van der Waals surface area contributed by atoms with Crippen molar-refractivity contribution in [2.45, 2.75) is 25.0 Å². The summed E-state index contributed by atoms with van der Waals surface area (Å²) in [7, 11) is 2.09. The first-order valence-electron chi connectivity index (χ1n) is 9.95. The maximum Gasteiger partial charge on any atom is 0.185 e. The van der Waals surface area contributed by atoms with E-state index in [1.54, 1.807) is 23.5 Å². The van der Waals surface area contributed by atoms with E-state index in [9.17, 15) is 5.11 Å². The Morgan fingerprint density at radius 2 is 2.00 bits per heavy atom. The van der Waals surface area contributed by atoms with Gasteiger partial charge in [-0.25, -0.2) is 0 Å². The molecule has 5 nitrogen and oxygen atoms in total.